The Kier molecular flexibility index (Phi) is 7.47. The van der Waals surface area contributed by atoms with Crippen LogP contribution < -0.4 is 0 Å². The molecule has 0 aliphatic carbocycles. The molecule has 1 nitrogen and oxygen atoms in total. The minimum absolute atomic E-state index is 0.501. The molecule has 0 atom stereocenters. The van der Waals surface area contributed by atoms with Crippen LogP contribution in [0.5, 0.6) is 0 Å². The molecule has 0 aliphatic rings. The first-order valence-electron chi connectivity index (χ1n) is 8.10. The van der Waals surface area contributed by atoms with E-state index in [1.54, 1.807) is 6.08 Å². The second-order valence-corrected chi connectivity index (χ2v) is 6.41. The first-order valence-corrected chi connectivity index (χ1v) is 8.10. The lowest BCUT2D eigenvalue weighted by atomic mass is 10.0. The molecule has 0 unspecified atom stereocenters. The molecule has 0 fully saturated rings. The number of aldehydes is 1. The summed E-state index contributed by atoms with van der Waals surface area (Å²) in [4.78, 5) is 10.5. The van der Waals surface area contributed by atoms with Crippen molar-refractivity contribution in [1.82, 2.24) is 0 Å². The molecule has 122 valence electrons. The highest BCUT2D eigenvalue weighted by molar-refractivity contribution is 5.68. The molecule has 1 aromatic rings. The number of allylic oxidation sites excluding steroid dienone is 3. The molecule has 0 saturated carbocycles. The second kappa shape index (κ2) is 9.09. The van der Waals surface area contributed by atoms with E-state index in [0.717, 1.165) is 17.4 Å². The largest absolute Gasteiger partial charge is 0.299 e. The molecule has 0 aromatic heterocycles. The van der Waals surface area contributed by atoms with Crippen LogP contribution in [0.15, 0.2) is 48.1 Å². The molecule has 0 N–H and O–H groups in total. The van der Waals surface area contributed by atoms with Crippen molar-refractivity contribution in [1.29, 1.82) is 0 Å². The van der Waals surface area contributed by atoms with Crippen molar-refractivity contribution in [3.8, 4) is 0 Å². The maximum absolute atomic E-state index is 10.5. The van der Waals surface area contributed by atoms with E-state index in [-0.39, 0.29) is 0 Å². The Bertz CT molecular complexity index is 675. The van der Waals surface area contributed by atoms with Crippen LogP contribution >= 0.6 is 0 Å². The van der Waals surface area contributed by atoms with Gasteiger partial charge in [0.2, 0.25) is 0 Å². The summed E-state index contributed by atoms with van der Waals surface area (Å²) in [5, 5.41) is 0. The number of rotatable bonds is 4. The van der Waals surface area contributed by atoms with Gasteiger partial charge in [-0.3, -0.25) is 4.79 Å². The van der Waals surface area contributed by atoms with Crippen LogP contribution in [0.3, 0.4) is 0 Å². The molecule has 0 aliphatic heterocycles. The van der Waals surface area contributed by atoms with Crippen LogP contribution in [0.4, 0.5) is 0 Å². The summed E-state index contributed by atoms with van der Waals surface area (Å²) in [7, 11) is 0. The Morgan fingerprint density at radius 2 is 1.65 bits per heavy atom. The van der Waals surface area contributed by atoms with Gasteiger partial charge in [0, 0.05) is 0 Å². The summed E-state index contributed by atoms with van der Waals surface area (Å²) in [6.45, 7) is 12.8. The number of carbonyl (C=O) groups is 1. The zero-order chi connectivity index (χ0) is 17.4. The third-order valence-corrected chi connectivity index (χ3v) is 3.86. The fourth-order valence-corrected chi connectivity index (χ4v) is 2.20. The normalized spacial score (nSPS) is 11.7. The zero-order valence-electron chi connectivity index (χ0n) is 15.2. The van der Waals surface area contributed by atoms with Gasteiger partial charge in [-0.2, -0.15) is 0 Å². The second-order valence-electron chi connectivity index (χ2n) is 6.41. The highest BCUT2D eigenvalue weighted by Crippen LogP contribution is 2.17. The SMILES string of the molecule is CC(/C=C/c1cc(C)ccc(C(C)C)cc(C)c(C)c1)=C\C=O. The van der Waals surface area contributed by atoms with Gasteiger partial charge >= 0.3 is 0 Å². The van der Waals surface area contributed by atoms with Crippen LogP contribution in [-0.2, 0) is 4.79 Å². The molecule has 1 rings (SSSR count). The van der Waals surface area contributed by atoms with E-state index in [1.807, 2.05) is 13.0 Å². The van der Waals surface area contributed by atoms with Gasteiger partial charge in [0.05, 0.1) is 0 Å². The van der Waals surface area contributed by atoms with Crippen LogP contribution in [0.1, 0.15) is 54.5 Å². The van der Waals surface area contributed by atoms with Crippen molar-refractivity contribution >= 4 is 12.4 Å². The molecule has 23 heavy (non-hydrogen) atoms. The smallest absolute Gasteiger partial charge is 0.143 e. The molecule has 1 aromatic carbocycles. The Labute approximate surface area is 141 Å². The van der Waals surface area contributed by atoms with Crippen LogP contribution in [-0.4, -0.2) is 6.29 Å². The van der Waals surface area contributed by atoms with Crippen molar-refractivity contribution < 1.29 is 4.79 Å². The van der Waals surface area contributed by atoms with Gasteiger partial charge < -0.3 is 0 Å². The van der Waals surface area contributed by atoms with E-state index in [2.05, 4.69) is 71.0 Å². The Balaban J connectivity index is 3.51. The summed E-state index contributed by atoms with van der Waals surface area (Å²) >= 11 is 0. The van der Waals surface area contributed by atoms with Gasteiger partial charge in [-0.05, 0) is 67.5 Å². The van der Waals surface area contributed by atoms with Gasteiger partial charge in [-0.1, -0.05) is 61.9 Å². The standard InChI is InChI=1S/C22H28O/c1-16(2)22-10-8-18(4)13-21(9-7-17(3)11-12-23)14-19(5)20(6)15-22/h7-16H,1-6H3/b9-7+,10-8?,17-11+,18-8?,18-13?,19-14?,20-15?,20-19?,21-13?,21-14?,22-10?,22-15?. The zero-order valence-corrected chi connectivity index (χ0v) is 15.2. The Morgan fingerprint density at radius 1 is 1.00 bits per heavy atom. The van der Waals surface area contributed by atoms with E-state index in [1.165, 1.54) is 22.3 Å². The molecule has 1 heteroatoms. The van der Waals surface area contributed by atoms with Crippen LogP contribution in [0.2, 0.25) is 0 Å². The number of hydrogen-bond acceptors (Lipinski definition) is 1. The molecule has 0 radical (unpaired) electrons. The number of aryl methyl sites for hydroxylation is 3. The van der Waals surface area contributed by atoms with Gasteiger partial charge in [-0.15, -0.1) is 0 Å². The van der Waals surface area contributed by atoms with Gasteiger partial charge in [0.1, 0.15) is 6.29 Å². The maximum atomic E-state index is 10.5. The minimum atomic E-state index is 0.501. The Hall–Kier alpha value is -2.15. The average Bonchev–Trinajstić information content (AvgIpc) is 2.48. The predicted octanol–water partition coefficient (Wildman–Crippen LogP) is 6.02. The maximum Gasteiger partial charge on any atom is 0.143 e. The monoisotopic (exact) mass is 308 g/mol. The Morgan fingerprint density at radius 3 is 2.26 bits per heavy atom. The topological polar surface area (TPSA) is 17.1 Å². The summed E-state index contributed by atoms with van der Waals surface area (Å²) < 4.78 is 0. The lowest BCUT2D eigenvalue weighted by Crippen LogP contribution is -1.87. The minimum Gasteiger partial charge on any atom is -0.299 e. The van der Waals surface area contributed by atoms with Crippen molar-refractivity contribution in [2.45, 2.75) is 47.5 Å². The van der Waals surface area contributed by atoms with E-state index in [4.69, 9.17) is 0 Å². The van der Waals surface area contributed by atoms with Crippen molar-refractivity contribution in [3.05, 3.63) is 75.9 Å². The van der Waals surface area contributed by atoms with E-state index >= 15 is 0 Å². The first-order chi connectivity index (χ1) is 10.8. The number of carbonyl (C=O) groups excluding carboxylic acids is 1. The van der Waals surface area contributed by atoms with Crippen LogP contribution in [0, 0.1) is 20.8 Å². The van der Waals surface area contributed by atoms with Crippen molar-refractivity contribution in [3.63, 3.8) is 0 Å². The third kappa shape index (κ3) is 6.65. The van der Waals surface area contributed by atoms with Crippen molar-refractivity contribution in [2.75, 3.05) is 0 Å². The third-order valence-electron chi connectivity index (χ3n) is 3.86. The summed E-state index contributed by atoms with van der Waals surface area (Å²) in [6, 6.07) is 11.0. The first kappa shape index (κ1) is 18.9. The highest BCUT2D eigenvalue weighted by Gasteiger charge is 1.98. The predicted molar refractivity (Wildman–Crippen MR) is 101 cm³/mol. The molecular formula is C22H28O. The molecule has 0 bridgehead atoms. The van der Waals surface area contributed by atoms with E-state index < -0.39 is 0 Å². The lowest BCUT2D eigenvalue weighted by Gasteiger charge is -2.05. The fraction of sp³-hybridized carbons (Fsp3) is 0.318. The summed E-state index contributed by atoms with van der Waals surface area (Å²) in [5.41, 5.74) is 7.14. The highest BCUT2D eigenvalue weighted by atomic mass is 16.1. The summed E-state index contributed by atoms with van der Waals surface area (Å²) in [5.74, 6) is 0.501. The van der Waals surface area contributed by atoms with E-state index in [0.29, 0.717) is 5.92 Å². The molecule has 0 saturated heterocycles. The number of hydrogen-bond donors (Lipinski definition) is 0. The van der Waals surface area contributed by atoms with Crippen molar-refractivity contribution in [2.24, 2.45) is 0 Å². The molecule has 0 spiro atoms. The molecular weight excluding hydrogens is 280 g/mol. The molecule has 0 heterocycles. The fourth-order valence-electron chi connectivity index (χ4n) is 2.20. The summed E-state index contributed by atoms with van der Waals surface area (Å²) in [6.07, 6.45) is 6.41. The van der Waals surface area contributed by atoms with Crippen LogP contribution in [0.25, 0.3) is 6.08 Å². The average molecular weight is 308 g/mol. The molecule has 0 amide bonds. The van der Waals surface area contributed by atoms with Gasteiger partial charge in [0.15, 0.2) is 0 Å². The van der Waals surface area contributed by atoms with Gasteiger partial charge in [-0.25, -0.2) is 0 Å². The quantitative estimate of drug-likeness (QED) is 0.378. The lowest BCUT2D eigenvalue weighted by molar-refractivity contribution is -0.104. The van der Waals surface area contributed by atoms with Gasteiger partial charge in [0.25, 0.3) is 0 Å². The van der Waals surface area contributed by atoms with E-state index in [9.17, 15) is 4.79 Å².